The van der Waals surface area contributed by atoms with Crippen LogP contribution in [0.3, 0.4) is 0 Å². The fourth-order valence-corrected chi connectivity index (χ4v) is 6.27. The number of hydrogen-bond acceptors (Lipinski definition) is 3. The van der Waals surface area contributed by atoms with Crippen LogP contribution in [0, 0.1) is 11.3 Å². The zero-order valence-corrected chi connectivity index (χ0v) is 25.1. The molecule has 2 aliphatic heterocycles. The van der Waals surface area contributed by atoms with Crippen molar-refractivity contribution >= 4 is 0 Å². The van der Waals surface area contributed by atoms with Gasteiger partial charge in [-0.3, -0.25) is 9.36 Å². The Bertz CT molecular complexity index is 1180. The third kappa shape index (κ3) is 7.28. The number of nitrogens with two attached hydrogens (primary N) is 1. The molecule has 1 saturated carbocycles. The molecule has 1 radical (unpaired) electrons. The predicted molar refractivity (Wildman–Crippen MR) is 151 cm³/mol. The Labute approximate surface area is 252 Å². The van der Waals surface area contributed by atoms with E-state index in [2.05, 4.69) is 39.9 Å². The van der Waals surface area contributed by atoms with Crippen molar-refractivity contribution in [2.24, 2.45) is 17.1 Å². The molecular weight excluding hydrogens is 547 g/mol. The summed E-state index contributed by atoms with van der Waals surface area (Å²) in [5, 5.41) is 9.25. The van der Waals surface area contributed by atoms with Gasteiger partial charge in [-0.1, -0.05) is 98.3 Å². The minimum absolute atomic E-state index is 0. The van der Waals surface area contributed by atoms with Gasteiger partial charge in [0.15, 0.2) is 0 Å². The van der Waals surface area contributed by atoms with E-state index in [1.165, 1.54) is 31.2 Å². The number of rotatable bonds is 4. The molecule has 2 aromatic carbocycles. The molecule has 3 atom stereocenters. The molecule has 6 nitrogen and oxygen atoms in total. The van der Waals surface area contributed by atoms with Gasteiger partial charge in [-0.05, 0) is 24.2 Å². The number of aromatic nitrogens is 2. The minimum Gasteiger partial charge on any atom is -0.662 e. The molecule has 1 aromatic heterocycles. The summed E-state index contributed by atoms with van der Waals surface area (Å²) in [4.78, 5) is 17.1. The first-order valence-corrected chi connectivity index (χ1v) is 13.9. The zero-order valence-electron chi connectivity index (χ0n) is 22.3. The average molecular weight is 587 g/mol. The van der Waals surface area contributed by atoms with Gasteiger partial charge >= 0.3 is 0 Å². The van der Waals surface area contributed by atoms with Crippen molar-refractivity contribution in [3.05, 3.63) is 99.6 Å². The van der Waals surface area contributed by atoms with Crippen LogP contribution in [0.15, 0.2) is 77.9 Å². The number of nitrogens with zero attached hydrogens (tertiary/aromatic N) is 4. The number of hydrogen-bond donors (Lipinski definition) is 1. The van der Waals surface area contributed by atoms with E-state index in [0.717, 1.165) is 56.7 Å². The first-order chi connectivity index (χ1) is 18.1. The van der Waals surface area contributed by atoms with Gasteiger partial charge in [0.2, 0.25) is 0 Å². The van der Waals surface area contributed by atoms with Crippen molar-refractivity contribution in [2.75, 3.05) is 19.6 Å². The van der Waals surface area contributed by atoms with Gasteiger partial charge in [0.05, 0.1) is 12.0 Å². The molecule has 1 spiro atoms. The summed E-state index contributed by atoms with van der Waals surface area (Å²) in [5.74, 6) is 0.555. The summed E-state index contributed by atoms with van der Waals surface area (Å²) in [6.07, 6.45) is 10.1. The molecule has 38 heavy (non-hydrogen) atoms. The van der Waals surface area contributed by atoms with E-state index < -0.39 is 0 Å². The van der Waals surface area contributed by atoms with E-state index in [1.54, 1.807) is 12.4 Å². The molecule has 2 saturated heterocycles. The summed E-state index contributed by atoms with van der Waals surface area (Å²) in [6.45, 7) is 3.63. The SMILES string of the molecule is NC1CC[N-]C(c2ccccc2)C1.O=c1cc(-c2ccccc2)ncn1CC1CC[N-]CC12CCCC2.[Y]. The summed E-state index contributed by atoms with van der Waals surface area (Å²) in [6, 6.07) is 22.7. The zero-order chi connectivity index (χ0) is 25.5. The molecule has 3 fully saturated rings. The summed E-state index contributed by atoms with van der Waals surface area (Å²) < 4.78 is 1.81. The maximum absolute atomic E-state index is 12.6. The molecule has 3 aliphatic rings. The molecule has 0 amide bonds. The van der Waals surface area contributed by atoms with Crippen LogP contribution in [0.1, 0.15) is 56.6 Å². The summed E-state index contributed by atoms with van der Waals surface area (Å²) in [5.41, 5.74) is 9.35. The topological polar surface area (TPSA) is 89.1 Å². The molecule has 1 aliphatic carbocycles. The van der Waals surface area contributed by atoms with Gasteiger partial charge in [0.25, 0.3) is 5.56 Å². The van der Waals surface area contributed by atoms with Crippen molar-refractivity contribution in [1.82, 2.24) is 9.55 Å². The quantitative estimate of drug-likeness (QED) is 0.402. The Morgan fingerprint density at radius 3 is 2.37 bits per heavy atom. The van der Waals surface area contributed by atoms with Crippen LogP contribution < -0.4 is 11.3 Å². The fourth-order valence-electron chi connectivity index (χ4n) is 6.27. The maximum Gasteiger partial charge on any atom is 0.253 e. The third-order valence-electron chi connectivity index (χ3n) is 8.45. The summed E-state index contributed by atoms with van der Waals surface area (Å²) in [7, 11) is 0. The van der Waals surface area contributed by atoms with Crippen molar-refractivity contribution < 1.29 is 32.7 Å². The second kappa shape index (κ2) is 14.1. The predicted octanol–water partition coefficient (Wildman–Crippen LogP) is 6.08. The van der Waals surface area contributed by atoms with E-state index >= 15 is 0 Å². The molecule has 0 bridgehead atoms. The van der Waals surface area contributed by atoms with E-state index in [0.29, 0.717) is 23.4 Å². The molecule has 3 unspecified atom stereocenters. The first-order valence-electron chi connectivity index (χ1n) is 13.9. The van der Waals surface area contributed by atoms with Gasteiger partial charge in [0, 0.05) is 56.9 Å². The largest absolute Gasteiger partial charge is 0.662 e. The Morgan fingerprint density at radius 2 is 1.68 bits per heavy atom. The Hall–Kier alpha value is -1.70. The Kier molecular flexibility index (Phi) is 10.9. The van der Waals surface area contributed by atoms with Gasteiger partial charge in [-0.25, -0.2) is 4.98 Å². The van der Waals surface area contributed by atoms with E-state index in [-0.39, 0.29) is 38.3 Å². The van der Waals surface area contributed by atoms with Crippen LogP contribution in [0.5, 0.6) is 0 Å². The third-order valence-corrected chi connectivity index (χ3v) is 8.45. The van der Waals surface area contributed by atoms with Crippen LogP contribution in [0.25, 0.3) is 21.9 Å². The number of piperidine rings is 2. The van der Waals surface area contributed by atoms with Gasteiger partial charge in [-0.15, -0.1) is 25.7 Å². The summed E-state index contributed by atoms with van der Waals surface area (Å²) >= 11 is 0. The molecule has 3 heterocycles. The van der Waals surface area contributed by atoms with Crippen LogP contribution in [-0.2, 0) is 39.3 Å². The smallest absolute Gasteiger partial charge is 0.253 e. The van der Waals surface area contributed by atoms with Gasteiger partial charge in [-0.2, -0.15) is 0 Å². The average Bonchev–Trinajstić information content (AvgIpc) is 3.41. The van der Waals surface area contributed by atoms with E-state index in [9.17, 15) is 4.79 Å². The second-order valence-corrected chi connectivity index (χ2v) is 10.9. The van der Waals surface area contributed by atoms with Gasteiger partial charge in [0.1, 0.15) is 0 Å². The van der Waals surface area contributed by atoms with Crippen molar-refractivity contribution in [3.8, 4) is 11.3 Å². The van der Waals surface area contributed by atoms with E-state index in [4.69, 9.17) is 5.73 Å². The van der Waals surface area contributed by atoms with Crippen LogP contribution in [-0.4, -0.2) is 35.2 Å². The molecular formula is C31H39N5OY-2. The van der Waals surface area contributed by atoms with Crippen LogP contribution >= 0.6 is 0 Å². The maximum atomic E-state index is 12.6. The molecule has 6 rings (SSSR count). The first kappa shape index (κ1) is 29.3. The minimum atomic E-state index is 0. The molecule has 199 valence electrons. The Balaban J connectivity index is 0.000000204. The molecule has 7 heteroatoms. The molecule has 2 N–H and O–H groups in total. The van der Waals surface area contributed by atoms with Crippen molar-refractivity contribution in [1.29, 1.82) is 0 Å². The van der Waals surface area contributed by atoms with Crippen LogP contribution in [0.2, 0.25) is 0 Å². The standard InChI is InChI=1S/C20H24N3O.C11H15N2.Y/c24-19-12-18(16-6-2-1-3-7-16)22-15-23(19)13-17-8-11-21-14-20(17)9-4-5-10-20;12-10-6-7-13-11(8-10)9-4-2-1-3-5-9;/h1-3,6-7,12,15,17H,4-5,8-11,13-14H2;1-5,10-11H,6-8,12H2;/q2*-1;. The molecule has 3 aromatic rings. The van der Waals surface area contributed by atoms with Crippen molar-refractivity contribution in [3.63, 3.8) is 0 Å². The van der Waals surface area contributed by atoms with Crippen molar-refractivity contribution in [2.45, 2.75) is 63.6 Å². The van der Waals surface area contributed by atoms with E-state index in [1.807, 2.05) is 41.0 Å². The monoisotopic (exact) mass is 586 g/mol. The second-order valence-electron chi connectivity index (χ2n) is 10.9. The number of benzene rings is 2. The normalized spacial score (nSPS) is 24.2. The van der Waals surface area contributed by atoms with Gasteiger partial charge < -0.3 is 16.4 Å². The Morgan fingerprint density at radius 1 is 0.974 bits per heavy atom. The fraction of sp³-hybridized carbons (Fsp3) is 0.484. The van der Waals surface area contributed by atoms with Crippen LogP contribution in [0.4, 0.5) is 0 Å².